The number of anilines is 6. The molecule has 58 heavy (non-hydrogen) atoms. The molecule has 0 heterocycles. The van der Waals surface area contributed by atoms with Crippen LogP contribution in [0.3, 0.4) is 0 Å². The quantitative estimate of drug-likeness (QED) is 0.167. The van der Waals surface area contributed by atoms with Crippen molar-refractivity contribution in [3.05, 3.63) is 203 Å². The number of aryl methyl sites for hydroxylation is 1. The molecule has 286 valence electrons. The Morgan fingerprint density at radius 3 is 1.64 bits per heavy atom. The summed E-state index contributed by atoms with van der Waals surface area (Å²) in [7, 11) is 0. The van der Waals surface area contributed by atoms with E-state index in [2.05, 4.69) is 194 Å². The topological polar surface area (TPSA) is 6.48 Å². The minimum Gasteiger partial charge on any atom is -0.310 e. The van der Waals surface area contributed by atoms with E-state index in [1.54, 1.807) is 11.1 Å². The van der Waals surface area contributed by atoms with E-state index in [1.807, 2.05) is 0 Å². The van der Waals surface area contributed by atoms with Gasteiger partial charge in [0.05, 0.1) is 11.4 Å². The van der Waals surface area contributed by atoms with E-state index < -0.39 is 0 Å². The average Bonchev–Trinajstić information content (AvgIpc) is 3.83. The first-order valence-electron chi connectivity index (χ1n) is 21.7. The Morgan fingerprint density at radius 1 is 0.448 bits per heavy atom. The zero-order chi connectivity index (χ0) is 39.0. The van der Waals surface area contributed by atoms with Gasteiger partial charge >= 0.3 is 0 Å². The molecule has 0 radical (unpaired) electrons. The second kappa shape index (κ2) is 13.6. The van der Waals surface area contributed by atoms with E-state index in [4.69, 9.17) is 0 Å². The van der Waals surface area contributed by atoms with Crippen LogP contribution in [-0.2, 0) is 23.7 Å². The fraction of sp³-hybridized carbons (Fsp3) is 0.250. The lowest BCUT2D eigenvalue weighted by atomic mass is 9.60. The largest absolute Gasteiger partial charge is 0.310 e. The standard InChI is InChI=1S/C56H52N2/c1-38-19-13-16-30-50(38)58(44-26-11-6-12-27-44)52-32-18-21-40-36-42-23-8-4-7-22-41-35-39-20-17-31-51(53(39)56(41,42)54(40)52)57(43-24-9-5-10-25-43)45-33-34-47-46-28-14-15-29-48(46)55(2,3)49(47)37-45/h5-6,9-21,24-34,37,41-42H,4,7-8,22-23,35-36H2,1-3H3. The lowest BCUT2D eigenvalue weighted by Gasteiger charge is -2.45. The highest BCUT2D eigenvalue weighted by atomic mass is 15.2. The molecule has 1 spiro atoms. The molecule has 3 unspecified atom stereocenters. The molecule has 7 aromatic rings. The molecule has 3 atom stereocenters. The summed E-state index contributed by atoms with van der Waals surface area (Å²) in [4.78, 5) is 5.22. The molecule has 4 aliphatic carbocycles. The maximum absolute atomic E-state index is 2.63. The van der Waals surface area contributed by atoms with E-state index in [9.17, 15) is 0 Å². The summed E-state index contributed by atoms with van der Waals surface area (Å²) in [6.45, 7) is 7.08. The fourth-order valence-corrected chi connectivity index (χ4v) is 12.2. The van der Waals surface area contributed by atoms with Crippen molar-refractivity contribution in [3.63, 3.8) is 0 Å². The number of hydrogen-bond donors (Lipinski definition) is 0. The van der Waals surface area contributed by atoms with Crippen molar-refractivity contribution in [2.75, 3.05) is 9.80 Å². The number of fused-ring (bicyclic) bond motifs is 5. The average molecular weight is 753 g/mol. The molecule has 4 aliphatic rings. The van der Waals surface area contributed by atoms with Crippen LogP contribution in [0, 0.1) is 18.8 Å². The van der Waals surface area contributed by atoms with Crippen LogP contribution < -0.4 is 9.80 Å². The van der Waals surface area contributed by atoms with Gasteiger partial charge in [0, 0.05) is 33.6 Å². The van der Waals surface area contributed by atoms with Gasteiger partial charge in [-0.15, -0.1) is 0 Å². The highest BCUT2D eigenvalue weighted by molar-refractivity contribution is 5.89. The van der Waals surface area contributed by atoms with E-state index in [0.717, 1.165) is 12.8 Å². The molecule has 0 N–H and O–H groups in total. The van der Waals surface area contributed by atoms with Crippen LogP contribution >= 0.6 is 0 Å². The summed E-state index contributed by atoms with van der Waals surface area (Å²) < 4.78 is 0. The van der Waals surface area contributed by atoms with Crippen LogP contribution in [0.15, 0.2) is 164 Å². The second-order valence-corrected chi connectivity index (χ2v) is 18.0. The molecule has 11 rings (SSSR count). The Labute approximate surface area is 344 Å². The van der Waals surface area contributed by atoms with Crippen LogP contribution in [0.25, 0.3) is 11.1 Å². The van der Waals surface area contributed by atoms with E-state index in [1.165, 1.54) is 105 Å². The molecule has 0 saturated heterocycles. The molecule has 1 saturated carbocycles. The summed E-state index contributed by atoms with van der Waals surface area (Å²) in [6, 6.07) is 62.2. The van der Waals surface area contributed by atoms with Gasteiger partial charge in [0.2, 0.25) is 0 Å². The number of rotatable bonds is 6. The normalized spacial score (nSPS) is 20.7. The van der Waals surface area contributed by atoms with Crippen molar-refractivity contribution in [2.24, 2.45) is 11.8 Å². The summed E-state index contributed by atoms with van der Waals surface area (Å²) in [5.41, 5.74) is 20.4. The van der Waals surface area contributed by atoms with Gasteiger partial charge in [0.1, 0.15) is 0 Å². The van der Waals surface area contributed by atoms with Gasteiger partial charge in [-0.1, -0.05) is 142 Å². The summed E-state index contributed by atoms with van der Waals surface area (Å²) in [6.07, 6.45) is 8.68. The maximum Gasteiger partial charge on any atom is 0.0505 e. The third-order valence-corrected chi connectivity index (χ3v) is 14.6. The number of nitrogens with zero attached hydrogens (tertiary/aromatic N) is 2. The molecule has 2 nitrogen and oxygen atoms in total. The highest BCUT2D eigenvalue weighted by Crippen LogP contribution is 2.66. The molecule has 7 aromatic carbocycles. The summed E-state index contributed by atoms with van der Waals surface area (Å²) >= 11 is 0. The Kier molecular flexibility index (Phi) is 8.30. The van der Waals surface area contributed by atoms with Crippen molar-refractivity contribution in [1.82, 2.24) is 0 Å². The minimum atomic E-state index is -0.132. The smallest absolute Gasteiger partial charge is 0.0505 e. The molecule has 0 aliphatic heterocycles. The van der Waals surface area contributed by atoms with E-state index in [0.29, 0.717) is 11.8 Å². The van der Waals surface area contributed by atoms with Crippen LogP contribution in [0.5, 0.6) is 0 Å². The lowest BCUT2D eigenvalue weighted by molar-refractivity contribution is 0.205. The Morgan fingerprint density at radius 2 is 0.983 bits per heavy atom. The highest BCUT2D eigenvalue weighted by Gasteiger charge is 2.59. The van der Waals surface area contributed by atoms with Crippen LogP contribution in [0.2, 0.25) is 0 Å². The molecule has 2 heteroatoms. The van der Waals surface area contributed by atoms with Gasteiger partial charge in [-0.25, -0.2) is 0 Å². The Bertz CT molecular complexity index is 2660. The zero-order valence-corrected chi connectivity index (χ0v) is 34.1. The molecule has 1 fully saturated rings. The summed E-state index contributed by atoms with van der Waals surface area (Å²) in [5.74, 6) is 1.05. The number of para-hydroxylation sites is 3. The lowest BCUT2D eigenvalue weighted by Crippen LogP contribution is -2.40. The van der Waals surface area contributed by atoms with Crippen molar-refractivity contribution < 1.29 is 0 Å². The number of hydrogen-bond acceptors (Lipinski definition) is 2. The van der Waals surface area contributed by atoms with Crippen molar-refractivity contribution >= 4 is 34.1 Å². The Balaban J connectivity index is 1.19. The predicted octanol–water partition coefficient (Wildman–Crippen LogP) is 14.8. The number of benzene rings is 7. The van der Waals surface area contributed by atoms with E-state index >= 15 is 0 Å². The predicted molar refractivity (Wildman–Crippen MR) is 243 cm³/mol. The van der Waals surface area contributed by atoms with Gasteiger partial charge in [-0.2, -0.15) is 0 Å². The van der Waals surface area contributed by atoms with Gasteiger partial charge in [-0.05, 0) is 149 Å². The SMILES string of the molecule is Cc1ccccc1N(c1ccccc1)c1cccc2c1C13c4c(cccc4N(c4ccccc4)c4ccc5c(c4)C(C)(C)c4ccccc4-5)CC1CCCCCC3C2. The summed E-state index contributed by atoms with van der Waals surface area (Å²) in [5, 5.41) is 0. The van der Waals surface area contributed by atoms with Crippen molar-refractivity contribution in [1.29, 1.82) is 0 Å². The molecule has 0 bridgehead atoms. The zero-order valence-electron chi connectivity index (χ0n) is 34.1. The first-order valence-corrected chi connectivity index (χ1v) is 21.7. The maximum atomic E-state index is 2.63. The van der Waals surface area contributed by atoms with Gasteiger partial charge in [-0.3, -0.25) is 0 Å². The first-order chi connectivity index (χ1) is 28.5. The molecular formula is C56H52N2. The third-order valence-electron chi connectivity index (χ3n) is 14.6. The third kappa shape index (κ3) is 5.16. The van der Waals surface area contributed by atoms with Gasteiger partial charge < -0.3 is 9.80 Å². The van der Waals surface area contributed by atoms with E-state index in [-0.39, 0.29) is 10.8 Å². The van der Waals surface area contributed by atoms with Crippen molar-refractivity contribution in [3.8, 4) is 11.1 Å². The monoisotopic (exact) mass is 752 g/mol. The van der Waals surface area contributed by atoms with Crippen LogP contribution in [-0.4, -0.2) is 0 Å². The van der Waals surface area contributed by atoms with Gasteiger partial charge in [0.25, 0.3) is 0 Å². The molecule has 0 aromatic heterocycles. The van der Waals surface area contributed by atoms with Crippen LogP contribution in [0.4, 0.5) is 34.1 Å². The molecular weight excluding hydrogens is 701 g/mol. The Hall–Kier alpha value is -5.86. The fourth-order valence-electron chi connectivity index (χ4n) is 12.2. The molecule has 0 amide bonds. The van der Waals surface area contributed by atoms with Crippen LogP contribution in [0.1, 0.15) is 84.9 Å². The first kappa shape index (κ1) is 35.3. The van der Waals surface area contributed by atoms with Crippen molar-refractivity contribution in [2.45, 2.75) is 76.5 Å². The second-order valence-electron chi connectivity index (χ2n) is 18.0. The minimum absolute atomic E-state index is 0.0902. The van der Waals surface area contributed by atoms with Gasteiger partial charge in [0.15, 0.2) is 0 Å².